The van der Waals surface area contributed by atoms with Crippen LogP contribution in [0.1, 0.15) is 181 Å². The van der Waals surface area contributed by atoms with E-state index in [-0.39, 0.29) is 18.5 Å². The molecule has 4 nitrogen and oxygen atoms in total. The highest BCUT2D eigenvalue weighted by Crippen LogP contribution is 2.17. The Hall–Kier alpha value is -1.06. The van der Waals surface area contributed by atoms with Crippen LogP contribution in [0.3, 0.4) is 0 Å². The molecule has 0 aromatic carbocycles. The van der Waals surface area contributed by atoms with Gasteiger partial charge in [-0.2, -0.15) is 0 Å². The maximum absolute atomic E-state index is 12.2. The Balaban J connectivity index is 3.43. The van der Waals surface area contributed by atoms with Gasteiger partial charge >= 0.3 is 11.9 Å². The third-order valence-corrected chi connectivity index (χ3v) is 7.08. The molecule has 0 aliphatic heterocycles. The molecule has 0 radical (unpaired) electrons. The molecule has 35 heavy (non-hydrogen) atoms. The summed E-state index contributed by atoms with van der Waals surface area (Å²) >= 11 is 0. The van der Waals surface area contributed by atoms with Gasteiger partial charge in [0.1, 0.15) is 6.10 Å². The van der Waals surface area contributed by atoms with Crippen LogP contribution >= 0.6 is 0 Å². The van der Waals surface area contributed by atoms with Crippen molar-refractivity contribution >= 4 is 11.9 Å². The number of carbonyl (C=O) groups is 2. The van der Waals surface area contributed by atoms with Crippen molar-refractivity contribution in [3.05, 3.63) is 0 Å². The van der Waals surface area contributed by atoms with Crippen molar-refractivity contribution < 1.29 is 19.4 Å². The summed E-state index contributed by atoms with van der Waals surface area (Å²) in [6.45, 7) is 4.40. The lowest BCUT2D eigenvalue weighted by atomic mass is 10.0. The molecule has 0 aromatic heterocycles. The predicted octanol–water partition coefficient (Wildman–Crippen LogP) is 10.2. The lowest BCUT2D eigenvalue weighted by Gasteiger charge is -2.17. The number of aliphatic carboxylic acids is 1. The van der Waals surface area contributed by atoms with Gasteiger partial charge in [-0.15, -0.1) is 0 Å². The predicted molar refractivity (Wildman–Crippen MR) is 149 cm³/mol. The summed E-state index contributed by atoms with van der Waals surface area (Å²) < 4.78 is 5.64. The molecule has 1 unspecified atom stereocenters. The van der Waals surface area contributed by atoms with Crippen LogP contribution in [0.15, 0.2) is 0 Å². The Bertz CT molecular complexity index is 463. The van der Waals surface area contributed by atoms with E-state index in [4.69, 9.17) is 9.84 Å². The second-order valence-electron chi connectivity index (χ2n) is 10.7. The molecule has 208 valence electrons. The van der Waals surface area contributed by atoms with Gasteiger partial charge in [0.25, 0.3) is 0 Å². The first-order valence-electron chi connectivity index (χ1n) is 15.5. The molecule has 0 spiro atoms. The summed E-state index contributed by atoms with van der Waals surface area (Å²) in [5.41, 5.74) is 0. The Labute approximate surface area is 218 Å². The molecule has 0 aliphatic carbocycles. The number of hydrogen-bond donors (Lipinski definition) is 1. The Morgan fingerprint density at radius 2 is 0.886 bits per heavy atom. The largest absolute Gasteiger partial charge is 0.481 e. The van der Waals surface area contributed by atoms with Crippen molar-refractivity contribution in [1.29, 1.82) is 0 Å². The van der Waals surface area contributed by atoms with Crippen LogP contribution in [0.5, 0.6) is 0 Å². The van der Waals surface area contributed by atoms with Gasteiger partial charge in [-0.3, -0.25) is 9.59 Å². The monoisotopic (exact) mass is 496 g/mol. The molecule has 0 heterocycles. The fraction of sp³-hybridized carbons (Fsp3) is 0.935. The smallest absolute Gasteiger partial charge is 0.306 e. The van der Waals surface area contributed by atoms with Crippen LogP contribution < -0.4 is 0 Å². The molecular formula is C31H60O4. The van der Waals surface area contributed by atoms with Crippen molar-refractivity contribution in [3.8, 4) is 0 Å². The van der Waals surface area contributed by atoms with Crippen LogP contribution in [-0.2, 0) is 14.3 Å². The van der Waals surface area contributed by atoms with Crippen molar-refractivity contribution in [3.63, 3.8) is 0 Å². The Kier molecular flexibility index (Phi) is 26.7. The fourth-order valence-corrected chi connectivity index (χ4v) is 4.77. The van der Waals surface area contributed by atoms with Gasteiger partial charge in [0.15, 0.2) is 0 Å². The molecule has 1 atom stereocenters. The summed E-state index contributed by atoms with van der Waals surface area (Å²) in [5.74, 6) is -0.881. The van der Waals surface area contributed by atoms with Crippen LogP contribution in [0, 0.1) is 0 Å². The topological polar surface area (TPSA) is 63.6 Å². The van der Waals surface area contributed by atoms with E-state index in [9.17, 15) is 9.59 Å². The maximum atomic E-state index is 12.2. The molecule has 0 aliphatic rings. The van der Waals surface area contributed by atoms with Crippen molar-refractivity contribution in [2.45, 2.75) is 187 Å². The van der Waals surface area contributed by atoms with E-state index in [1.165, 1.54) is 109 Å². The van der Waals surface area contributed by atoms with Crippen molar-refractivity contribution in [2.75, 3.05) is 0 Å². The number of rotatable bonds is 28. The third kappa shape index (κ3) is 27.4. The molecule has 1 N–H and O–H groups in total. The number of ether oxygens (including phenoxy) is 1. The number of carbonyl (C=O) groups excluding carboxylic acids is 1. The van der Waals surface area contributed by atoms with E-state index in [0.29, 0.717) is 19.3 Å². The zero-order valence-corrected chi connectivity index (χ0v) is 23.6. The van der Waals surface area contributed by atoms with Crippen molar-refractivity contribution in [2.24, 2.45) is 0 Å². The average Bonchev–Trinajstić information content (AvgIpc) is 2.83. The Morgan fingerprint density at radius 3 is 1.29 bits per heavy atom. The van der Waals surface area contributed by atoms with E-state index < -0.39 is 5.97 Å². The first-order chi connectivity index (χ1) is 17.1. The van der Waals surface area contributed by atoms with E-state index in [0.717, 1.165) is 32.1 Å². The molecule has 0 saturated carbocycles. The van der Waals surface area contributed by atoms with Gasteiger partial charge in [0.2, 0.25) is 0 Å². The highest BCUT2D eigenvalue weighted by Gasteiger charge is 2.14. The van der Waals surface area contributed by atoms with Crippen LogP contribution in [0.4, 0.5) is 0 Å². The van der Waals surface area contributed by atoms with Crippen LogP contribution in [0.25, 0.3) is 0 Å². The van der Waals surface area contributed by atoms with E-state index in [1.54, 1.807) is 0 Å². The van der Waals surface area contributed by atoms with Gasteiger partial charge in [0, 0.05) is 12.8 Å². The molecule has 0 bridgehead atoms. The van der Waals surface area contributed by atoms with Crippen LogP contribution in [0.2, 0.25) is 0 Å². The zero-order chi connectivity index (χ0) is 25.8. The molecule has 0 aromatic rings. The molecule has 0 rings (SSSR count). The molecule has 4 heteroatoms. The minimum Gasteiger partial charge on any atom is -0.481 e. The summed E-state index contributed by atoms with van der Waals surface area (Å²) in [4.78, 5) is 22.9. The van der Waals surface area contributed by atoms with E-state index in [1.807, 2.05) is 0 Å². The summed E-state index contributed by atoms with van der Waals surface area (Å²) in [6.07, 6.45) is 30.3. The minimum atomic E-state index is -0.778. The lowest BCUT2D eigenvalue weighted by molar-refractivity contribution is -0.150. The maximum Gasteiger partial charge on any atom is 0.306 e. The first kappa shape index (κ1) is 33.9. The number of esters is 1. The molecule has 0 fully saturated rings. The van der Waals surface area contributed by atoms with E-state index >= 15 is 0 Å². The highest BCUT2D eigenvalue weighted by molar-refractivity contribution is 5.69. The zero-order valence-electron chi connectivity index (χ0n) is 23.6. The van der Waals surface area contributed by atoms with Gasteiger partial charge in [-0.25, -0.2) is 0 Å². The normalized spacial score (nSPS) is 12.1. The standard InChI is InChI=1S/C31H60O4/c1-3-5-7-8-9-10-11-12-13-14-15-16-17-18-19-20-21-22-23-28-31(34)35-29(25-6-4-2)26-24-27-30(32)33/h29H,3-28H2,1-2H3,(H,32,33). The molecule has 0 saturated heterocycles. The fourth-order valence-electron chi connectivity index (χ4n) is 4.77. The van der Waals surface area contributed by atoms with Gasteiger partial charge < -0.3 is 9.84 Å². The summed E-state index contributed by atoms with van der Waals surface area (Å²) in [7, 11) is 0. The Morgan fingerprint density at radius 1 is 0.514 bits per heavy atom. The summed E-state index contributed by atoms with van der Waals surface area (Å²) in [5, 5.41) is 8.80. The van der Waals surface area contributed by atoms with Gasteiger partial charge in [-0.05, 0) is 25.7 Å². The molecular weight excluding hydrogens is 436 g/mol. The SMILES string of the molecule is CCCCCCCCCCCCCCCCCCCCCC(=O)OC(CCCC)CCCC(=O)O. The highest BCUT2D eigenvalue weighted by atomic mass is 16.5. The minimum absolute atomic E-state index is 0.103. The first-order valence-corrected chi connectivity index (χ1v) is 15.5. The van der Waals surface area contributed by atoms with Gasteiger partial charge in [-0.1, -0.05) is 142 Å². The van der Waals surface area contributed by atoms with Crippen LogP contribution in [-0.4, -0.2) is 23.1 Å². The second kappa shape index (κ2) is 27.5. The molecule has 0 amide bonds. The number of carboxylic acid groups (broad SMARTS) is 1. The van der Waals surface area contributed by atoms with Crippen molar-refractivity contribution in [1.82, 2.24) is 0 Å². The van der Waals surface area contributed by atoms with Gasteiger partial charge in [0.05, 0.1) is 0 Å². The van der Waals surface area contributed by atoms with E-state index in [2.05, 4.69) is 13.8 Å². The summed E-state index contributed by atoms with van der Waals surface area (Å²) in [6, 6.07) is 0. The number of carboxylic acids is 1. The second-order valence-corrected chi connectivity index (χ2v) is 10.7. The number of hydrogen-bond acceptors (Lipinski definition) is 3. The number of unbranched alkanes of at least 4 members (excludes halogenated alkanes) is 19. The third-order valence-electron chi connectivity index (χ3n) is 7.08. The quantitative estimate of drug-likeness (QED) is 0.0864. The average molecular weight is 497 g/mol. The lowest BCUT2D eigenvalue weighted by Crippen LogP contribution is -2.18.